The number of hydrogen-bond acceptors (Lipinski definition) is 5. The number of hydrogen-bond donors (Lipinski definition) is 1. The van der Waals surface area contributed by atoms with Crippen LogP contribution in [0.3, 0.4) is 0 Å². The number of nitrogens with one attached hydrogen (secondary N) is 1. The summed E-state index contributed by atoms with van der Waals surface area (Å²) >= 11 is 5.99. The molecule has 0 aliphatic rings. The van der Waals surface area contributed by atoms with Gasteiger partial charge in [0.2, 0.25) is 5.89 Å². The number of benzene rings is 1. The van der Waals surface area contributed by atoms with Crippen molar-refractivity contribution < 1.29 is 4.52 Å². The summed E-state index contributed by atoms with van der Waals surface area (Å²) in [6.07, 6.45) is 0.817. The molecular weight excluding hydrogens is 314 g/mol. The van der Waals surface area contributed by atoms with E-state index in [-0.39, 0.29) is 5.92 Å². The van der Waals surface area contributed by atoms with Gasteiger partial charge in [-0.1, -0.05) is 30.6 Å². The maximum absolute atomic E-state index is 5.99. The molecule has 0 atom stereocenters. The van der Waals surface area contributed by atoms with Crippen LogP contribution in [0.1, 0.15) is 37.3 Å². The predicted octanol–water partition coefficient (Wildman–Crippen LogP) is 3.40. The molecule has 3 aromatic rings. The van der Waals surface area contributed by atoms with Crippen LogP contribution >= 0.6 is 11.6 Å². The van der Waals surface area contributed by atoms with Gasteiger partial charge in [0.15, 0.2) is 5.82 Å². The minimum absolute atomic E-state index is 0.254. The molecule has 0 amide bonds. The van der Waals surface area contributed by atoms with Crippen molar-refractivity contribution in [1.29, 1.82) is 0 Å². The fourth-order valence-corrected chi connectivity index (χ4v) is 2.51. The zero-order valence-electron chi connectivity index (χ0n) is 13.5. The van der Waals surface area contributed by atoms with Gasteiger partial charge in [0.25, 0.3) is 0 Å². The molecule has 1 N–H and O–H groups in total. The molecule has 0 aliphatic heterocycles. The number of nitrogens with zero attached hydrogens (tertiary/aromatic N) is 4. The Hall–Kier alpha value is -1.92. The van der Waals surface area contributed by atoms with E-state index in [1.54, 1.807) is 0 Å². The minimum atomic E-state index is 0.254. The van der Waals surface area contributed by atoms with Gasteiger partial charge in [-0.05, 0) is 25.2 Å². The monoisotopic (exact) mass is 333 g/mol. The van der Waals surface area contributed by atoms with Crippen LogP contribution in [-0.2, 0) is 13.0 Å². The first kappa shape index (κ1) is 16.0. The van der Waals surface area contributed by atoms with E-state index < -0.39 is 0 Å². The second-order valence-corrected chi connectivity index (χ2v) is 6.47. The number of likely N-dealkylation sites (N-methyl/N-ethyl adjacent to an activating group) is 1. The molecule has 0 aliphatic carbocycles. The molecule has 3 rings (SSSR count). The fraction of sp³-hybridized carbons (Fsp3) is 0.438. The number of imidazole rings is 1. The highest BCUT2D eigenvalue weighted by Crippen LogP contribution is 2.17. The van der Waals surface area contributed by atoms with E-state index in [4.69, 9.17) is 16.1 Å². The van der Waals surface area contributed by atoms with Gasteiger partial charge in [-0.2, -0.15) is 4.98 Å². The van der Waals surface area contributed by atoms with Gasteiger partial charge in [-0.15, -0.1) is 0 Å². The van der Waals surface area contributed by atoms with Crippen LogP contribution < -0.4 is 0 Å². The summed E-state index contributed by atoms with van der Waals surface area (Å²) in [7, 11) is 2.03. The second kappa shape index (κ2) is 6.68. The lowest BCUT2D eigenvalue weighted by Crippen LogP contribution is -2.21. The van der Waals surface area contributed by atoms with Crippen LogP contribution in [0.5, 0.6) is 0 Å². The van der Waals surface area contributed by atoms with Crippen molar-refractivity contribution in [3.8, 4) is 0 Å². The Labute approximate surface area is 139 Å². The first-order valence-electron chi connectivity index (χ1n) is 7.66. The average Bonchev–Trinajstić information content (AvgIpc) is 3.11. The first-order chi connectivity index (χ1) is 11.0. The average molecular weight is 334 g/mol. The zero-order chi connectivity index (χ0) is 16.4. The Morgan fingerprint density at radius 1 is 1.30 bits per heavy atom. The van der Waals surface area contributed by atoms with Gasteiger partial charge in [-0.3, -0.25) is 4.90 Å². The number of fused-ring (bicyclic) bond motifs is 1. The minimum Gasteiger partial charge on any atom is -0.342 e. The van der Waals surface area contributed by atoms with Crippen molar-refractivity contribution in [3.63, 3.8) is 0 Å². The fourth-order valence-electron chi connectivity index (χ4n) is 2.34. The zero-order valence-corrected chi connectivity index (χ0v) is 14.3. The van der Waals surface area contributed by atoms with Crippen molar-refractivity contribution in [3.05, 3.63) is 40.8 Å². The maximum Gasteiger partial charge on any atom is 0.229 e. The number of aromatic amines is 1. The quantitative estimate of drug-likeness (QED) is 0.748. The number of rotatable bonds is 6. The summed E-state index contributed by atoms with van der Waals surface area (Å²) in [6, 6.07) is 5.67. The Morgan fingerprint density at radius 3 is 2.87 bits per heavy atom. The second-order valence-electron chi connectivity index (χ2n) is 6.04. The third kappa shape index (κ3) is 3.89. The molecule has 7 heteroatoms. The van der Waals surface area contributed by atoms with E-state index in [9.17, 15) is 0 Å². The van der Waals surface area contributed by atoms with Crippen molar-refractivity contribution >= 4 is 22.6 Å². The first-order valence-corrected chi connectivity index (χ1v) is 8.04. The number of aromatic nitrogens is 4. The summed E-state index contributed by atoms with van der Waals surface area (Å²) < 4.78 is 5.22. The third-order valence-corrected chi connectivity index (χ3v) is 3.85. The van der Waals surface area contributed by atoms with Gasteiger partial charge in [-0.25, -0.2) is 4.98 Å². The van der Waals surface area contributed by atoms with E-state index in [0.29, 0.717) is 23.3 Å². The van der Waals surface area contributed by atoms with Crippen molar-refractivity contribution in [2.24, 2.45) is 0 Å². The molecule has 0 spiro atoms. The Bertz CT molecular complexity index is 795. The predicted molar refractivity (Wildman–Crippen MR) is 89.5 cm³/mol. The SMILES string of the molecule is CC(C)c1nc(CN(C)CCc2nc3ccc(Cl)cc3[nH]2)no1. The maximum atomic E-state index is 5.99. The van der Waals surface area contributed by atoms with E-state index in [0.717, 1.165) is 29.8 Å². The van der Waals surface area contributed by atoms with Crippen LogP contribution in [0.4, 0.5) is 0 Å². The molecule has 0 radical (unpaired) electrons. The molecule has 0 saturated carbocycles. The highest BCUT2D eigenvalue weighted by atomic mass is 35.5. The molecule has 2 aromatic heterocycles. The largest absolute Gasteiger partial charge is 0.342 e. The van der Waals surface area contributed by atoms with Crippen LogP contribution in [0.25, 0.3) is 11.0 Å². The van der Waals surface area contributed by atoms with Crippen molar-refractivity contribution in [1.82, 2.24) is 25.0 Å². The Morgan fingerprint density at radius 2 is 2.13 bits per heavy atom. The van der Waals surface area contributed by atoms with Crippen molar-refractivity contribution in [2.45, 2.75) is 32.7 Å². The van der Waals surface area contributed by atoms with Gasteiger partial charge in [0.1, 0.15) is 5.82 Å². The molecule has 122 valence electrons. The molecular formula is C16H20ClN5O. The summed E-state index contributed by atoms with van der Waals surface area (Å²) in [4.78, 5) is 14.4. The topological polar surface area (TPSA) is 70.8 Å². The smallest absolute Gasteiger partial charge is 0.229 e. The Kier molecular flexibility index (Phi) is 4.63. The van der Waals surface area contributed by atoms with E-state index in [1.165, 1.54) is 0 Å². The van der Waals surface area contributed by atoms with Gasteiger partial charge in [0.05, 0.1) is 17.6 Å². The molecule has 0 saturated heterocycles. The summed E-state index contributed by atoms with van der Waals surface area (Å²) in [5, 5.41) is 4.72. The summed E-state index contributed by atoms with van der Waals surface area (Å²) in [5.41, 5.74) is 1.90. The normalized spacial score (nSPS) is 11.9. The van der Waals surface area contributed by atoms with Gasteiger partial charge < -0.3 is 9.51 Å². The lowest BCUT2D eigenvalue weighted by molar-refractivity contribution is 0.307. The third-order valence-electron chi connectivity index (χ3n) is 3.61. The van der Waals surface area contributed by atoms with Gasteiger partial charge >= 0.3 is 0 Å². The van der Waals surface area contributed by atoms with E-state index >= 15 is 0 Å². The molecule has 0 fully saturated rings. The molecule has 0 unspecified atom stereocenters. The van der Waals surface area contributed by atoms with E-state index in [1.807, 2.05) is 39.1 Å². The Balaban J connectivity index is 1.57. The number of H-pyrrole nitrogens is 1. The van der Waals surface area contributed by atoms with Crippen LogP contribution in [0.15, 0.2) is 22.7 Å². The van der Waals surface area contributed by atoms with Crippen molar-refractivity contribution in [2.75, 3.05) is 13.6 Å². The summed E-state index contributed by atoms with van der Waals surface area (Å²) in [6.45, 7) is 5.57. The van der Waals surface area contributed by atoms with Crippen LogP contribution in [-0.4, -0.2) is 38.6 Å². The molecule has 23 heavy (non-hydrogen) atoms. The number of halogens is 1. The van der Waals surface area contributed by atoms with Gasteiger partial charge in [0, 0.05) is 23.9 Å². The molecule has 2 heterocycles. The molecule has 1 aromatic carbocycles. The van der Waals surface area contributed by atoms with E-state index in [2.05, 4.69) is 25.0 Å². The highest BCUT2D eigenvalue weighted by Gasteiger charge is 2.12. The molecule has 6 nitrogen and oxygen atoms in total. The lowest BCUT2D eigenvalue weighted by Gasteiger charge is -2.12. The highest BCUT2D eigenvalue weighted by molar-refractivity contribution is 6.31. The van der Waals surface area contributed by atoms with Crippen LogP contribution in [0, 0.1) is 0 Å². The summed E-state index contributed by atoms with van der Waals surface area (Å²) in [5.74, 6) is 2.60. The van der Waals surface area contributed by atoms with Crippen LogP contribution in [0.2, 0.25) is 5.02 Å². The lowest BCUT2D eigenvalue weighted by atomic mass is 10.2. The standard InChI is InChI=1S/C16H20ClN5O/c1-10(2)16-20-15(21-23-16)9-22(3)7-6-14-18-12-5-4-11(17)8-13(12)19-14/h4-5,8,10H,6-7,9H2,1-3H3,(H,18,19). The molecule has 0 bridgehead atoms.